The first-order valence-corrected chi connectivity index (χ1v) is 8.56. The van der Waals surface area contributed by atoms with Crippen LogP contribution in [0.5, 0.6) is 0 Å². The van der Waals surface area contributed by atoms with Crippen LogP contribution in [-0.2, 0) is 13.1 Å². The molecule has 0 atom stereocenters. The molecule has 0 unspecified atom stereocenters. The first kappa shape index (κ1) is 15.7. The van der Waals surface area contributed by atoms with E-state index in [1.807, 2.05) is 48.7 Å². The minimum atomic E-state index is -0.0936. The Kier molecular flexibility index (Phi) is 4.15. The van der Waals surface area contributed by atoms with Gasteiger partial charge in [-0.1, -0.05) is 51.5 Å². The van der Waals surface area contributed by atoms with Gasteiger partial charge in [-0.05, 0) is 23.8 Å². The summed E-state index contributed by atoms with van der Waals surface area (Å²) in [5.41, 5.74) is 2.45. The van der Waals surface area contributed by atoms with E-state index >= 15 is 0 Å². The number of nitrogens with zero attached hydrogens (tertiary/aromatic N) is 5. The molecular formula is C18H14BrN5O. The van der Waals surface area contributed by atoms with Gasteiger partial charge >= 0.3 is 0 Å². The Morgan fingerprint density at radius 2 is 1.88 bits per heavy atom. The molecule has 4 rings (SSSR count). The van der Waals surface area contributed by atoms with Crippen LogP contribution in [0.2, 0.25) is 0 Å². The van der Waals surface area contributed by atoms with Crippen molar-refractivity contribution in [3.63, 3.8) is 0 Å². The van der Waals surface area contributed by atoms with E-state index in [1.165, 1.54) is 0 Å². The van der Waals surface area contributed by atoms with Crippen LogP contribution >= 0.6 is 15.9 Å². The highest BCUT2D eigenvalue weighted by molar-refractivity contribution is 9.10. The molecule has 0 radical (unpaired) electrons. The van der Waals surface area contributed by atoms with E-state index in [0.717, 1.165) is 10.0 Å². The summed E-state index contributed by atoms with van der Waals surface area (Å²) in [5.74, 6) is 0. The van der Waals surface area contributed by atoms with Crippen LogP contribution in [0, 0.1) is 0 Å². The highest BCUT2D eigenvalue weighted by Gasteiger charge is 2.08. The molecule has 0 bridgehead atoms. The maximum atomic E-state index is 12.6. The van der Waals surface area contributed by atoms with Gasteiger partial charge in [-0.2, -0.15) is 0 Å². The van der Waals surface area contributed by atoms with Gasteiger partial charge in [0.1, 0.15) is 5.69 Å². The quantitative estimate of drug-likeness (QED) is 0.532. The summed E-state index contributed by atoms with van der Waals surface area (Å²) in [5, 5.41) is 8.88. The zero-order valence-electron chi connectivity index (χ0n) is 13.2. The van der Waals surface area contributed by atoms with Crippen molar-refractivity contribution in [3.8, 4) is 0 Å². The fourth-order valence-electron chi connectivity index (χ4n) is 2.68. The van der Waals surface area contributed by atoms with Gasteiger partial charge in [0, 0.05) is 4.47 Å². The molecule has 0 aliphatic heterocycles. The Bertz CT molecular complexity index is 1090. The SMILES string of the molecule is O=c1c2cc(Br)ccc2ncn1Cc1cn(Cc2ccccc2)nn1. The molecule has 0 aliphatic rings. The third kappa shape index (κ3) is 3.36. The van der Waals surface area contributed by atoms with Crippen LogP contribution in [0.4, 0.5) is 0 Å². The van der Waals surface area contributed by atoms with Crippen LogP contribution in [0.1, 0.15) is 11.3 Å². The number of hydrogen-bond acceptors (Lipinski definition) is 4. The second-order valence-electron chi connectivity index (χ2n) is 5.73. The molecule has 2 heterocycles. The molecule has 6 nitrogen and oxygen atoms in total. The third-order valence-corrected chi connectivity index (χ3v) is 4.39. The van der Waals surface area contributed by atoms with Crippen molar-refractivity contribution in [2.45, 2.75) is 13.1 Å². The van der Waals surface area contributed by atoms with E-state index in [4.69, 9.17) is 0 Å². The lowest BCUT2D eigenvalue weighted by molar-refractivity contribution is 0.648. The smallest absolute Gasteiger partial charge is 0.261 e. The fraction of sp³-hybridized carbons (Fsp3) is 0.111. The van der Waals surface area contributed by atoms with Crippen LogP contribution in [-0.4, -0.2) is 24.5 Å². The number of hydrogen-bond donors (Lipinski definition) is 0. The molecule has 124 valence electrons. The Morgan fingerprint density at radius 1 is 1.04 bits per heavy atom. The highest BCUT2D eigenvalue weighted by Crippen LogP contribution is 2.15. The zero-order chi connectivity index (χ0) is 17.2. The minimum Gasteiger partial charge on any atom is -0.293 e. The Morgan fingerprint density at radius 3 is 2.72 bits per heavy atom. The lowest BCUT2D eigenvalue weighted by Gasteiger charge is -2.04. The molecule has 25 heavy (non-hydrogen) atoms. The standard InChI is InChI=1S/C18H14BrN5O/c19-14-6-7-17-16(8-14)18(25)23(12-20-17)10-15-11-24(22-21-15)9-13-4-2-1-3-5-13/h1-8,11-12H,9-10H2. The van der Waals surface area contributed by atoms with Gasteiger partial charge in [-0.3, -0.25) is 9.36 Å². The predicted octanol–water partition coefficient (Wildman–Crippen LogP) is 2.85. The van der Waals surface area contributed by atoms with E-state index in [0.29, 0.717) is 29.7 Å². The molecular weight excluding hydrogens is 382 g/mol. The third-order valence-electron chi connectivity index (χ3n) is 3.89. The normalized spacial score (nSPS) is 11.1. The first-order chi connectivity index (χ1) is 12.2. The van der Waals surface area contributed by atoms with Gasteiger partial charge in [-0.25, -0.2) is 9.67 Å². The topological polar surface area (TPSA) is 65.6 Å². The molecule has 2 aromatic heterocycles. The molecule has 0 spiro atoms. The van der Waals surface area contributed by atoms with Gasteiger partial charge in [0.15, 0.2) is 0 Å². The molecule has 0 amide bonds. The van der Waals surface area contributed by atoms with E-state index < -0.39 is 0 Å². The predicted molar refractivity (Wildman–Crippen MR) is 98.4 cm³/mol. The first-order valence-electron chi connectivity index (χ1n) is 7.77. The summed E-state index contributed by atoms with van der Waals surface area (Å²) in [6.07, 6.45) is 3.40. The monoisotopic (exact) mass is 395 g/mol. The summed E-state index contributed by atoms with van der Waals surface area (Å²) >= 11 is 3.39. The largest absolute Gasteiger partial charge is 0.293 e. The molecule has 0 aliphatic carbocycles. The number of fused-ring (bicyclic) bond motifs is 1. The van der Waals surface area contributed by atoms with E-state index in [-0.39, 0.29) is 5.56 Å². The maximum Gasteiger partial charge on any atom is 0.261 e. The van der Waals surface area contributed by atoms with Gasteiger partial charge in [0.25, 0.3) is 5.56 Å². The van der Waals surface area contributed by atoms with Gasteiger partial charge < -0.3 is 0 Å². The summed E-state index contributed by atoms with van der Waals surface area (Å²) in [4.78, 5) is 17.0. The summed E-state index contributed by atoms with van der Waals surface area (Å²) < 4.78 is 4.16. The lowest BCUT2D eigenvalue weighted by atomic mass is 10.2. The van der Waals surface area contributed by atoms with Gasteiger partial charge in [0.2, 0.25) is 0 Å². The van der Waals surface area contributed by atoms with E-state index in [2.05, 4.69) is 31.2 Å². The summed E-state index contributed by atoms with van der Waals surface area (Å²) in [6, 6.07) is 15.5. The number of benzene rings is 2. The molecule has 0 saturated carbocycles. The molecule has 2 aromatic carbocycles. The average Bonchev–Trinajstić information content (AvgIpc) is 3.06. The highest BCUT2D eigenvalue weighted by atomic mass is 79.9. The van der Waals surface area contributed by atoms with Crippen molar-refractivity contribution < 1.29 is 0 Å². The maximum absolute atomic E-state index is 12.6. The molecule has 0 saturated heterocycles. The van der Waals surface area contributed by atoms with Gasteiger partial charge in [0.05, 0.1) is 36.5 Å². The fourth-order valence-corrected chi connectivity index (χ4v) is 3.04. The Labute approximate surface area is 151 Å². The van der Waals surface area contributed by atoms with E-state index in [1.54, 1.807) is 21.6 Å². The van der Waals surface area contributed by atoms with Crippen molar-refractivity contribution in [1.82, 2.24) is 24.5 Å². The molecule has 4 aromatic rings. The molecule has 7 heteroatoms. The molecule has 0 fully saturated rings. The lowest BCUT2D eigenvalue weighted by Crippen LogP contribution is -2.21. The Hall–Kier alpha value is -2.80. The van der Waals surface area contributed by atoms with E-state index in [9.17, 15) is 4.79 Å². The van der Waals surface area contributed by atoms with Crippen molar-refractivity contribution in [3.05, 3.63) is 87.1 Å². The zero-order valence-corrected chi connectivity index (χ0v) is 14.8. The second kappa shape index (κ2) is 6.60. The van der Waals surface area contributed by atoms with Crippen LogP contribution in [0.15, 0.2) is 70.3 Å². The number of halogens is 1. The van der Waals surface area contributed by atoms with Crippen LogP contribution < -0.4 is 5.56 Å². The van der Waals surface area contributed by atoms with Crippen molar-refractivity contribution in [1.29, 1.82) is 0 Å². The average molecular weight is 396 g/mol. The van der Waals surface area contributed by atoms with Gasteiger partial charge in [-0.15, -0.1) is 5.10 Å². The van der Waals surface area contributed by atoms with Crippen molar-refractivity contribution in [2.24, 2.45) is 0 Å². The second-order valence-corrected chi connectivity index (χ2v) is 6.65. The van der Waals surface area contributed by atoms with Crippen molar-refractivity contribution in [2.75, 3.05) is 0 Å². The van der Waals surface area contributed by atoms with Crippen LogP contribution in [0.3, 0.4) is 0 Å². The van der Waals surface area contributed by atoms with Crippen molar-refractivity contribution >= 4 is 26.8 Å². The summed E-state index contributed by atoms with van der Waals surface area (Å²) in [6.45, 7) is 0.981. The molecule has 0 N–H and O–H groups in total. The summed E-state index contributed by atoms with van der Waals surface area (Å²) in [7, 11) is 0. The Balaban J connectivity index is 1.59. The minimum absolute atomic E-state index is 0.0936. The number of aromatic nitrogens is 5. The number of rotatable bonds is 4. The van der Waals surface area contributed by atoms with Crippen LogP contribution in [0.25, 0.3) is 10.9 Å².